The van der Waals surface area contributed by atoms with E-state index in [1.165, 1.54) is 19.2 Å². The lowest BCUT2D eigenvalue weighted by molar-refractivity contribution is -0.146. The van der Waals surface area contributed by atoms with Crippen LogP contribution in [0, 0.1) is 11.2 Å². The van der Waals surface area contributed by atoms with Crippen LogP contribution in [0.5, 0.6) is 5.75 Å². The zero-order chi connectivity index (χ0) is 12.3. The van der Waals surface area contributed by atoms with Crippen molar-refractivity contribution in [2.75, 3.05) is 7.11 Å². The van der Waals surface area contributed by atoms with E-state index in [0.29, 0.717) is 6.42 Å². The van der Waals surface area contributed by atoms with Gasteiger partial charge in [0.25, 0.3) is 0 Å². The van der Waals surface area contributed by atoms with Gasteiger partial charge in [-0.15, -0.1) is 0 Å². The Bertz CT molecular complexity index is 399. The summed E-state index contributed by atoms with van der Waals surface area (Å²) in [7, 11) is 1.38. The Kier molecular flexibility index (Phi) is 3.52. The van der Waals surface area contributed by atoms with E-state index in [9.17, 15) is 9.18 Å². The molecular formula is C12H15FO3. The number of carboxylic acid groups (broad SMARTS) is 1. The summed E-state index contributed by atoms with van der Waals surface area (Å²) in [5.74, 6) is -1.19. The molecule has 0 aliphatic heterocycles. The zero-order valence-corrected chi connectivity index (χ0v) is 9.58. The molecule has 0 spiro atoms. The minimum atomic E-state index is -0.879. The zero-order valence-electron chi connectivity index (χ0n) is 9.58. The van der Waals surface area contributed by atoms with E-state index in [2.05, 4.69) is 0 Å². The first-order valence-electron chi connectivity index (χ1n) is 4.92. The van der Waals surface area contributed by atoms with Crippen molar-refractivity contribution in [1.29, 1.82) is 0 Å². The molecule has 0 radical (unpaired) electrons. The summed E-state index contributed by atoms with van der Waals surface area (Å²) in [6, 6.07) is 4.38. The number of hydrogen-bond donors (Lipinski definition) is 1. The minimum Gasteiger partial charge on any atom is -0.494 e. The Labute approximate surface area is 93.9 Å². The molecule has 1 N–H and O–H groups in total. The van der Waals surface area contributed by atoms with Gasteiger partial charge in [0, 0.05) is 0 Å². The first-order valence-corrected chi connectivity index (χ1v) is 4.92. The largest absolute Gasteiger partial charge is 0.494 e. The number of carboxylic acids is 1. The molecule has 0 fully saturated rings. The van der Waals surface area contributed by atoms with E-state index < -0.39 is 17.2 Å². The van der Waals surface area contributed by atoms with Crippen molar-refractivity contribution >= 4 is 5.97 Å². The maximum absolute atomic E-state index is 13.1. The van der Waals surface area contributed by atoms with Gasteiger partial charge in [-0.3, -0.25) is 4.79 Å². The van der Waals surface area contributed by atoms with Crippen molar-refractivity contribution in [3.05, 3.63) is 29.6 Å². The SMILES string of the molecule is COc1cc(CC(C)(C)C(=O)O)ccc1F. The number of benzene rings is 1. The summed E-state index contributed by atoms with van der Waals surface area (Å²) in [6.45, 7) is 3.26. The molecule has 1 aromatic rings. The monoisotopic (exact) mass is 226 g/mol. The molecule has 16 heavy (non-hydrogen) atoms. The summed E-state index contributed by atoms with van der Waals surface area (Å²) in [5.41, 5.74) is -0.131. The first kappa shape index (κ1) is 12.5. The topological polar surface area (TPSA) is 46.5 Å². The molecular weight excluding hydrogens is 211 g/mol. The third-order valence-electron chi connectivity index (χ3n) is 2.44. The van der Waals surface area contributed by atoms with Crippen LogP contribution >= 0.6 is 0 Å². The van der Waals surface area contributed by atoms with Crippen molar-refractivity contribution in [3.63, 3.8) is 0 Å². The quantitative estimate of drug-likeness (QED) is 0.857. The van der Waals surface area contributed by atoms with E-state index >= 15 is 0 Å². The molecule has 0 aromatic heterocycles. The van der Waals surface area contributed by atoms with Gasteiger partial charge < -0.3 is 9.84 Å². The molecule has 0 aliphatic carbocycles. The van der Waals surface area contributed by atoms with Gasteiger partial charge >= 0.3 is 5.97 Å². The fraction of sp³-hybridized carbons (Fsp3) is 0.417. The summed E-state index contributed by atoms with van der Waals surface area (Å²) in [5, 5.41) is 8.98. The molecule has 1 rings (SSSR count). The highest BCUT2D eigenvalue weighted by Gasteiger charge is 2.27. The fourth-order valence-corrected chi connectivity index (χ4v) is 1.40. The van der Waals surface area contributed by atoms with Gasteiger partial charge in [-0.1, -0.05) is 6.07 Å². The van der Waals surface area contributed by atoms with Crippen molar-refractivity contribution < 1.29 is 19.0 Å². The normalized spacial score (nSPS) is 11.2. The second kappa shape index (κ2) is 4.51. The Balaban J connectivity index is 2.94. The Morgan fingerprint density at radius 1 is 1.50 bits per heavy atom. The van der Waals surface area contributed by atoms with Crippen LogP contribution in [0.1, 0.15) is 19.4 Å². The lowest BCUT2D eigenvalue weighted by Crippen LogP contribution is -2.26. The number of methoxy groups -OCH3 is 1. The van der Waals surface area contributed by atoms with Gasteiger partial charge in [0.15, 0.2) is 11.6 Å². The molecule has 3 nitrogen and oxygen atoms in total. The van der Waals surface area contributed by atoms with Crippen LogP contribution in [0.4, 0.5) is 4.39 Å². The van der Waals surface area contributed by atoms with Gasteiger partial charge in [0.2, 0.25) is 0 Å². The van der Waals surface area contributed by atoms with Crippen LogP contribution in [-0.2, 0) is 11.2 Å². The van der Waals surface area contributed by atoms with Crippen LogP contribution in [0.15, 0.2) is 18.2 Å². The molecule has 0 bridgehead atoms. The van der Waals surface area contributed by atoms with Gasteiger partial charge in [-0.25, -0.2) is 4.39 Å². The smallest absolute Gasteiger partial charge is 0.309 e. The second-order valence-corrected chi connectivity index (χ2v) is 4.33. The van der Waals surface area contributed by atoms with Crippen LogP contribution in [0.25, 0.3) is 0 Å². The van der Waals surface area contributed by atoms with E-state index in [1.807, 2.05) is 0 Å². The van der Waals surface area contributed by atoms with Crippen LogP contribution < -0.4 is 4.74 Å². The number of ether oxygens (including phenoxy) is 1. The summed E-state index contributed by atoms with van der Waals surface area (Å²) >= 11 is 0. The van der Waals surface area contributed by atoms with E-state index in [-0.39, 0.29) is 5.75 Å². The number of halogens is 1. The van der Waals surface area contributed by atoms with E-state index in [1.54, 1.807) is 19.9 Å². The van der Waals surface area contributed by atoms with E-state index in [4.69, 9.17) is 9.84 Å². The molecule has 0 heterocycles. The first-order chi connectivity index (χ1) is 7.36. The summed E-state index contributed by atoms with van der Waals surface area (Å²) in [4.78, 5) is 10.9. The minimum absolute atomic E-state index is 0.138. The molecule has 0 saturated heterocycles. The predicted octanol–water partition coefficient (Wildman–Crippen LogP) is 2.49. The van der Waals surface area contributed by atoms with Crippen molar-refractivity contribution in [1.82, 2.24) is 0 Å². The number of carbonyl (C=O) groups is 1. The number of aliphatic carboxylic acids is 1. The van der Waals surface area contributed by atoms with Crippen molar-refractivity contribution in [3.8, 4) is 5.75 Å². The van der Waals surface area contributed by atoms with Crippen molar-refractivity contribution in [2.45, 2.75) is 20.3 Å². The van der Waals surface area contributed by atoms with Crippen LogP contribution in [-0.4, -0.2) is 18.2 Å². The molecule has 0 unspecified atom stereocenters. The Morgan fingerprint density at radius 2 is 2.12 bits per heavy atom. The van der Waals surface area contributed by atoms with Gasteiger partial charge in [-0.2, -0.15) is 0 Å². The lowest BCUT2D eigenvalue weighted by atomic mass is 9.86. The molecule has 1 aromatic carbocycles. The highest BCUT2D eigenvalue weighted by atomic mass is 19.1. The molecule has 88 valence electrons. The van der Waals surface area contributed by atoms with Gasteiger partial charge in [-0.05, 0) is 38.0 Å². The van der Waals surface area contributed by atoms with E-state index in [0.717, 1.165) is 5.56 Å². The maximum Gasteiger partial charge on any atom is 0.309 e. The lowest BCUT2D eigenvalue weighted by Gasteiger charge is -2.19. The molecule has 4 heteroatoms. The molecule has 0 atom stereocenters. The Morgan fingerprint density at radius 3 is 2.62 bits per heavy atom. The molecule has 0 amide bonds. The number of hydrogen-bond acceptors (Lipinski definition) is 2. The number of rotatable bonds is 4. The third kappa shape index (κ3) is 2.72. The average Bonchev–Trinajstić information content (AvgIpc) is 2.20. The fourth-order valence-electron chi connectivity index (χ4n) is 1.40. The van der Waals surface area contributed by atoms with Crippen LogP contribution in [0.3, 0.4) is 0 Å². The third-order valence-corrected chi connectivity index (χ3v) is 2.44. The van der Waals surface area contributed by atoms with Gasteiger partial charge in [0.05, 0.1) is 12.5 Å². The Hall–Kier alpha value is -1.58. The highest BCUT2D eigenvalue weighted by molar-refractivity contribution is 5.74. The van der Waals surface area contributed by atoms with Crippen molar-refractivity contribution in [2.24, 2.45) is 5.41 Å². The highest BCUT2D eigenvalue weighted by Crippen LogP contribution is 2.25. The average molecular weight is 226 g/mol. The second-order valence-electron chi connectivity index (χ2n) is 4.33. The summed E-state index contributed by atoms with van der Waals surface area (Å²) in [6.07, 6.45) is 0.332. The molecule has 0 aliphatic rings. The standard InChI is InChI=1S/C12H15FO3/c1-12(2,11(14)15)7-8-4-5-9(13)10(6-8)16-3/h4-6H,7H2,1-3H3,(H,14,15). The summed E-state index contributed by atoms with van der Waals surface area (Å²) < 4.78 is 18.0. The van der Waals surface area contributed by atoms with Gasteiger partial charge in [0.1, 0.15) is 0 Å². The maximum atomic E-state index is 13.1. The molecule has 0 saturated carbocycles. The van der Waals surface area contributed by atoms with Crippen LogP contribution in [0.2, 0.25) is 0 Å². The predicted molar refractivity (Wildman–Crippen MR) is 58.1 cm³/mol.